The Morgan fingerprint density at radius 3 is 2.53 bits per heavy atom. The van der Waals surface area contributed by atoms with Crippen LogP contribution in [-0.4, -0.2) is 10.2 Å². The highest BCUT2D eigenvalue weighted by atomic mass is 79.9. The predicted octanol–water partition coefficient (Wildman–Crippen LogP) is 7.37. The number of carbonyl (C=O) groups excluding carboxylic acids is 1. The molecule has 0 atom stereocenters. The molecule has 0 spiro atoms. The third kappa shape index (κ3) is 5.04. The number of halogens is 4. The Bertz CT molecular complexity index is 1250. The van der Waals surface area contributed by atoms with E-state index >= 15 is 0 Å². The highest BCUT2D eigenvalue weighted by Crippen LogP contribution is 2.38. The number of anilines is 1. The van der Waals surface area contributed by atoms with Crippen LogP contribution in [0.25, 0.3) is 6.08 Å². The molecule has 3 aromatic rings. The zero-order valence-electron chi connectivity index (χ0n) is 16.2. The van der Waals surface area contributed by atoms with Gasteiger partial charge < -0.3 is 4.74 Å². The largest absolute Gasteiger partial charge is 0.488 e. The summed E-state index contributed by atoms with van der Waals surface area (Å²) < 4.78 is 33.3. The molecule has 0 unspecified atom stereocenters. The van der Waals surface area contributed by atoms with Crippen LogP contribution < -0.4 is 9.64 Å². The number of nitrogens with zero attached hydrogens (tertiary/aromatic N) is 1. The van der Waals surface area contributed by atoms with E-state index in [9.17, 15) is 13.6 Å². The van der Waals surface area contributed by atoms with Crippen molar-refractivity contribution in [2.75, 3.05) is 4.90 Å². The monoisotopic (exact) mass is 551 g/mol. The van der Waals surface area contributed by atoms with E-state index < -0.39 is 5.82 Å². The second-order valence-corrected chi connectivity index (χ2v) is 9.66. The number of rotatable bonds is 5. The molecule has 0 radical (unpaired) electrons. The van der Waals surface area contributed by atoms with Crippen molar-refractivity contribution in [3.63, 3.8) is 0 Å². The van der Waals surface area contributed by atoms with E-state index in [2.05, 4.69) is 15.9 Å². The molecule has 0 saturated carbocycles. The molecule has 162 valence electrons. The number of hydrogen-bond donors (Lipinski definition) is 0. The van der Waals surface area contributed by atoms with Crippen molar-refractivity contribution in [3.05, 3.63) is 97.8 Å². The SMILES string of the molecule is O=C1/C(=C/c2ccc(OCc3ccc(F)cc3)c(Br)c2)SC(=S)N1c1ccc(F)c(Cl)c1. The Labute approximate surface area is 206 Å². The van der Waals surface area contributed by atoms with Gasteiger partial charge in [-0.2, -0.15) is 0 Å². The van der Waals surface area contributed by atoms with Crippen molar-refractivity contribution in [2.45, 2.75) is 6.61 Å². The van der Waals surface area contributed by atoms with E-state index in [-0.39, 0.29) is 23.4 Å². The molecule has 3 nitrogen and oxygen atoms in total. The van der Waals surface area contributed by atoms with Gasteiger partial charge in [-0.1, -0.05) is 53.8 Å². The molecule has 1 saturated heterocycles. The molecule has 9 heteroatoms. The van der Waals surface area contributed by atoms with Crippen LogP contribution in [0.15, 0.2) is 70.0 Å². The minimum atomic E-state index is -0.567. The first kappa shape index (κ1) is 22.9. The number of ether oxygens (including phenoxy) is 1. The minimum Gasteiger partial charge on any atom is -0.488 e. The van der Waals surface area contributed by atoms with Crippen LogP contribution in [0.4, 0.5) is 14.5 Å². The third-order valence-electron chi connectivity index (χ3n) is 4.52. The van der Waals surface area contributed by atoms with Gasteiger partial charge in [0.2, 0.25) is 0 Å². The van der Waals surface area contributed by atoms with Crippen LogP contribution in [0.2, 0.25) is 5.02 Å². The van der Waals surface area contributed by atoms with Crippen molar-refractivity contribution in [1.82, 2.24) is 0 Å². The van der Waals surface area contributed by atoms with Crippen molar-refractivity contribution in [2.24, 2.45) is 0 Å². The van der Waals surface area contributed by atoms with Gasteiger partial charge in [0, 0.05) is 0 Å². The number of carbonyl (C=O) groups is 1. The summed E-state index contributed by atoms with van der Waals surface area (Å²) in [5.74, 6) is -0.564. The molecule has 32 heavy (non-hydrogen) atoms. The zero-order chi connectivity index (χ0) is 22.8. The summed E-state index contributed by atoms with van der Waals surface area (Å²) in [5.41, 5.74) is 2.02. The molecule has 1 aliphatic rings. The van der Waals surface area contributed by atoms with E-state index in [0.29, 0.717) is 25.1 Å². The average Bonchev–Trinajstić information content (AvgIpc) is 3.03. The number of thiocarbonyl (C=S) groups is 1. The number of thioether (sulfide) groups is 1. The third-order valence-corrected chi connectivity index (χ3v) is 6.73. The van der Waals surface area contributed by atoms with Crippen LogP contribution >= 0.6 is 51.5 Å². The summed E-state index contributed by atoms with van der Waals surface area (Å²) in [5, 5.41) is -0.0827. The molecule has 4 rings (SSSR count). The second kappa shape index (κ2) is 9.70. The Morgan fingerprint density at radius 2 is 1.84 bits per heavy atom. The van der Waals surface area contributed by atoms with Crippen LogP contribution in [-0.2, 0) is 11.4 Å². The van der Waals surface area contributed by atoms with Gasteiger partial charge in [-0.05, 0) is 75.6 Å². The molecule has 0 N–H and O–H groups in total. The molecular formula is C23H13BrClF2NO2S2. The highest BCUT2D eigenvalue weighted by Gasteiger charge is 2.33. The number of amides is 1. The topological polar surface area (TPSA) is 29.5 Å². The summed E-state index contributed by atoms with van der Waals surface area (Å²) in [6.45, 7) is 0.289. The van der Waals surface area contributed by atoms with Gasteiger partial charge in [-0.15, -0.1) is 0 Å². The summed E-state index contributed by atoms with van der Waals surface area (Å²) in [7, 11) is 0. The van der Waals surface area contributed by atoms with Crippen molar-refractivity contribution < 1.29 is 18.3 Å². The molecule has 0 aromatic heterocycles. The molecule has 1 amide bonds. The van der Waals surface area contributed by atoms with E-state index in [0.717, 1.165) is 22.9 Å². The van der Waals surface area contributed by atoms with Gasteiger partial charge in [0.1, 0.15) is 24.0 Å². The predicted molar refractivity (Wildman–Crippen MR) is 132 cm³/mol. The van der Waals surface area contributed by atoms with Crippen LogP contribution in [0.3, 0.4) is 0 Å². The summed E-state index contributed by atoms with van der Waals surface area (Å²) in [4.78, 5) is 14.7. The van der Waals surface area contributed by atoms with Crippen molar-refractivity contribution in [1.29, 1.82) is 0 Å². The quantitative estimate of drug-likeness (QED) is 0.244. The molecule has 0 bridgehead atoms. The van der Waals surface area contributed by atoms with E-state index in [4.69, 9.17) is 28.6 Å². The maximum atomic E-state index is 13.5. The van der Waals surface area contributed by atoms with Gasteiger partial charge in [0.05, 0.1) is 20.1 Å². The molecule has 1 heterocycles. The van der Waals surface area contributed by atoms with E-state index in [1.807, 2.05) is 12.1 Å². The Balaban J connectivity index is 1.50. The molecule has 1 aliphatic heterocycles. The van der Waals surface area contributed by atoms with E-state index in [1.54, 1.807) is 24.3 Å². The van der Waals surface area contributed by atoms with Crippen molar-refractivity contribution in [3.8, 4) is 5.75 Å². The fourth-order valence-corrected chi connectivity index (χ4v) is 4.92. The minimum absolute atomic E-state index is 0.0827. The summed E-state index contributed by atoms with van der Waals surface area (Å²) in [6.07, 6.45) is 1.72. The van der Waals surface area contributed by atoms with Gasteiger partial charge >= 0.3 is 0 Å². The highest BCUT2D eigenvalue weighted by molar-refractivity contribution is 9.10. The lowest BCUT2D eigenvalue weighted by Crippen LogP contribution is -2.27. The maximum Gasteiger partial charge on any atom is 0.270 e. The standard InChI is InChI=1S/C23H13BrClF2NO2S2/c24-17-9-14(3-8-20(17)30-12-13-1-4-15(26)5-2-13)10-21-22(29)28(23(31)32-21)16-6-7-19(27)18(25)11-16/h1-11H,12H2/b21-10-. The van der Waals surface area contributed by atoms with Gasteiger partial charge in [0.15, 0.2) is 4.32 Å². The summed E-state index contributed by atoms with van der Waals surface area (Å²) >= 11 is 15.8. The zero-order valence-corrected chi connectivity index (χ0v) is 20.1. The fourth-order valence-electron chi connectivity index (χ4n) is 2.93. The smallest absolute Gasteiger partial charge is 0.270 e. The van der Waals surface area contributed by atoms with Gasteiger partial charge in [-0.3, -0.25) is 9.69 Å². The van der Waals surface area contributed by atoms with Gasteiger partial charge in [-0.25, -0.2) is 8.78 Å². The number of benzene rings is 3. The first-order chi connectivity index (χ1) is 15.3. The normalized spacial score (nSPS) is 15.0. The van der Waals surface area contributed by atoms with Gasteiger partial charge in [0.25, 0.3) is 5.91 Å². The number of hydrogen-bond acceptors (Lipinski definition) is 4. The molecule has 3 aromatic carbocycles. The van der Waals surface area contributed by atoms with Crippen molar-refractivity contribution >= 4 is 73.5 Å². The first-order valence-electron chi connectivity index (χ1n) is 9.21. The lowest BCUT2D eigenvalue weighted by Gasteiger charge is -2.14. The summed E-state index contributed by atoms with van der Waals surface area (Å²) in [6, 6.07) is 15.5. The molecule has 1 fully saturated rings. The van der Waals surface area contributed by atoms with Crippen LogP contribution in [0, 0.1) is 11.6 Å². The maximum absolute atomic E-state index is 13.5. The molecular weight excluding hydrogens is 540 g/mol. The van der Waals surface area contributed by atoms with Crippen LogP contribution in [0.5, 0.6) is 5.75 Å². The van der Waals surface area contributed by atoms with Crippen LogP contribution in [0.1, 0.15) is 11.1 Å². The second-order valence-electron chi connectivity index (χ2n) is 6.72. The Morgan fingerprint density at radius 1 is 1.09 bits per heavy atom. The lowest BCUT2D eigenvalue weighted by molar-refractivity contribution is -0.113. The molecule has 0 aliphatic carbocycles. The fraction of sp³-hybridized carbons (Fsp3) is 0.0435. The first-order valence-corrected chi connectivity index (χ1v) is 11.6. The lowest BCUT2D eigenvalue weighted by atomic mass is 10.2. The Hall–Kier alpha value is -2.26. The average molecular weight is 553 g/mol. The van der Waals surface area contributed by atoms with E-state index in [1.165, 1.54) is 35.2 Å². The Kier molecular flexibility index (Phi) is 6.95.